The Kier molecular flexibility index (Phi) is 6.41. The van der Waals surface area contributed by atoms with Crippen LogP contribution >= 0.6 is 11.6 Å². The number of benzene rings is 1. The van der Waals surface area contributed by atoms with Crippen molar-refractivity contribution >= 4 is 40.4 Å². The lowest BCUT2D eigenvalue weighted by molar-refractivity contribution is -0.130. The molecule has 2 amide bonds. The number of ether oxygens (including phenoxy) is 1. The fourth-order valence-corrected chi connectivity index (χ4v) is 2.25. The SMILES string of the molecule is CCCNC(=O)[C@@H](C)NC(=O)COC(=O)c1cc2cc(Cl)ccc2o1. The van der Waals surface area contributed by atoms with Gasteiger partial charge in [0.15, 0.2) is 6.61 Å². The minimum Gasteiger partial charge on any atom is -0.450 e. The normalized spacial score (nSPS) is 11.8. The molecule has 2 aromatic rings. The van der Waals surface area contributed by atoms with Crippen molar-refractivity contribution in [3.05, 3.63) is 35.0 Å². The Balaban J connectivity index is 1.86. The largest absolute Gasteiger partial charge is 0.450 e. The van der Waals surface area contributed by atoms with Gasteiger partial charge in [0, 0.05) is 17.0 Å². The third-order valence-electron chi connectivity index (χ3n) is 3.33. The van der Waals surface area contributed by atoms with Crippen LogP contribution in [0, 0.1) is 0 Å². The van der Waals surface area contributed by atoms with Crippen LogP contribution in [0.4, 0.5) is 0 Å². The van der Waals surface area contributed by atoms with E-state index in [1.807, 2.05) is 6.92 Å². The molecule has 134 valence electrons. The first-order valence-electron chi connectivity index (χ1n) is 7.84. The molecule has 1 aromatic heterocycles. The highest BCUT2D eigenvalue weighted by Crippen LogP contribution is 2.23. The second kappa shape index (κ2) is 8.53. The molecular weight excluding hydrogens is 348 g/mol. The van der Waals surface area contributed by atoms with Gasteiger partial charge < -0.3 is 19.8 Å². The number of halogens is 1. The fraction of sp³-hybridized carbons (Fsp3) is 0.353. The second-order valence-electron chi connectivity index (χ2n) is 5.45. The number of amides is 2. The summed E-state index contributed by atoms with van der Waals surface area (Å²) in [6.45, 7) is 3.49. The summed E-state index contributed by atoms with van der Waals surface area (Å²) in [7, 11) is 0. The van der Waals surface area contributed by atoms with Crippen molar-refractivity contribution in [3.8, 4) is 0 Å². The van der Waals surface area contributed by atoms with Gasteiger partial charge >= 0.3 is 5.97 Å². The van der Waals surface area contributed by atoms with Gasteiger partial charge in [-0.2, -0.15) is 0 Å². The maximum absolute atomic E-state index is 12.0. The summed E-state index contributed by atoms with van der Waals surface area (Å²) in [5, 5.41) is 6.29. The molecule has 8 heteroatoms. The monoisotopic (exact) mass is 366 g/mol. The molecule has 0 unspecified atom stereocenters. The van der Waals surface area contributed by atoms with Gasteiger partial charge in [0.2, 0.25) is 11.7 Å². The van der Waals surface area contributed by atoms with Crippen molar-refractivity contribution in [2.75, 3.05) is 13.2 Å². The molecule has 0 aliphatic carbocycles. The van der Waals surface area contributed by atoms with Gasteiger partial charge in [-0.15, -0.1) is 0 Å². The lowest BCUT2D eigenvalue weighted by Crippen LogP contribution is -2.46. The van der Waals surface area contributed by atoms with Crippen molar-refractivity contribution in [2.24, 2.45) is 0 Å². The summed E-state index contributed by atoms with van der Waals surface area (Å²) < 4.78 is 10.3. The Morgan fingerprint density at radius 2 is 2.04 bits per heavy atom. The molecule has 0 spiro atoms. The molecule has 7 nitrogen and oxygen atoms in total. The van der Waals surface area contributed by atoms with Crippen LogP contribution in [0.25, 0.3) is 11.0 Å². The van der Waals surface area contributed by atoms with E-state index in [1.54, 1.807) is 25.1 Å². The number of esters is 1. The summed E-state index contributed by atoms with van der Waals surface area (Å²) in [6.07, 6.45) is 0.798. The molecule has 25 heavy (non-hydrogen) atoms. The zero-order valence-electron chi connectivity index (χ0n) is 13.9. The van der Waals surface area contributed by atoms with Crippen LogP contribution in [-0.4, -0.2) is 37.0 Å². The highest BCUT2D eigenvalue weighted by Gasteiger charge is 2.18. The second-order valence-corrected chi connectivity index (χ2v) is 5.89. The first-order valence-corrected chi connectivity index (χ1v) is 8.21. The highest BCUT2D eigenvalue weighted by molar-refractivity contribution is 6.31. The zero-order chi connectivity index (χ0) is 18.4. The third kappa shape index (κ3) is 5.22. The molecular formula is C17H19ClN2O5. The van der Waals surface area contributed by atoms with E-state index in [0.29, 0.717) is 22.5 Å². The minimum absolute atomic E-state index is 0.0289. The van der Waals surface area contributed by atoms with Crippen molar-refractivity contribution in [3.63, 3.8) is 0 Å². The van der Waals surface area contributed by atoms with Gasteiger partial charge in [-0.05, 0) is 37.6 Å². The van der Waals surface area contributed by atoms with Crippen LogP contribution in [0.1, 0.15) is 30.8 Å². The lowest BCUT2D eigenvalue weighted by atomic mass is 10.2. The standard InChI is InChI=1S/C17H19ClN2O5/c1-3-6-19-16(22)10(2)20-15(21)9-24-17(23)14-8-11-7-12(18)4-5-13(11)25-14/h4-5,7-8,10H,3,6,9H2,1-2H3,(H,19,22)(H,20,21)/t10-/m1/s1. The summed E-state index contributed by atoms with van der Waals surface area (Å²) in [5.74, 6) is -1.67. The number of nitrogens with one attached hydrogen (secondary N) is 2. The quantitative estimate of drug-likeness (QED) is 0.732. The maximum atomic E-state index is 12.0. The van der Waals surface area contributed by atoms with Crippen molar-refractivity contribution < 1.29 is 23.5 Å². The van der Waals surface area contributed by atoms with Gasteiger partial charge in [-0.3, -0.25) is 9.59 Å². The number of rotatable bonds is 7. The summed E-state index contributed by atoms with van der Waals surface area (Å²) in [6, 6.07) is 5.70. The predicted molar refractivity (Wildman–Crippen MR) is 92.4 cm³/mol. The topological polar surface area (TPSA) is 97.6 Å². The number of carbonyl (C=O) groups is 3. The lowest BCUT2D eigenvalue weighted by Gasteiger charge is -2.13. The first-order chi connectivity index (χ1) is 11.9. The van der Waals surface area contributed by atoms with E-state index >= 15 is 0 Å². The molecule has 0 aliphatic heterocycles. The number of furan rings is 1. The zero-order valence-corrected chi connectivity index (χ0v) is 14.7. The minimum atomic E-state index is -0.773. The summed E-state index contributed by atoms with van der Waals surface area (Å²) >= 11 is 5.87. The summed E-state index contributed by atoms with van der Waals surface area (Å²) in [4.78, 5) is 35.4. The first kappa shape index (κ1) is 18.8. The summed E-state index contributed by atoms with van der Waals surface area (Å²) in [5.41, 5.74) is 0.488. The molecule has 1 atom stereocenters. The van der Waals surface area contributed by atoms with E-state index < -0.39 is 24.5 Å². The highest BCUT2D eigenvalue weighted by atomic mass is 35.5. The van der Waals surface area contributed by atoms with Gasteiger partial charge in [0.1, 0.15) is 11.6 Å². The Labute approximate surface area is 149 Å². The average Bonchev–Trinajstić information content (AvgIpc) is 3.00. The van der Waals surface area contributed by atoms with Crippen LogP contribution in [-0.2, 0) is 14.3 Å². The number of hydrogen-bond acceptors (Lipinski definition) is 5. The molecule has 0 aliphatic rings. The van der Waals surface area contributed by atoms with E-state index in [1.165, 1.54) is 6.07 Å². The van der Waals surface area contributed by atoms with Crippen LogP contribution in [0.3, 0.4) is 0 Å². The molecule has 0 saturated carbocycles. The molecule has 0 radical (unpaired) electrons. The van der Waals surface area contributed by atoms with Crippen molar-refractivity contribution in [1.82, 2.24) is 10.6 Å². The Bertz CT molecular complexity index is 786. The van der Waals surface area contributed by atoms with E-state index in [4.69, 9.17) is 20.8 Å². The van der Waals surface area contributed by atoms with Crippen LogP contribution in [0.2, 0.25) is 5.02 Å². The molecule has 0 saturated heterocycles. The smallest absolute Gasteiger partial charge is 0.374 e. The molecule has 1 heterocycles. The van der Waals surface area contributed by atoms with Crippen molar-refractivity contribution in [1.29, 1.82) is 0 Å². The number of hydrogen-bond donors (Lipinski definition) is 2. The van der Waals surface area contributed by atoms with E-state index in [-0.39, 0.29) is 11.7 Å². The van der Waals surface area contributed by atoms with Crippen LogP contribution in [0.15, 0.2) is 28.7 Å². The van der Waals surface area contributed by atoms with E-state index in [9.17, 15) is 14.4 Å². The Morgan fingerprint density at radius 3 is 2.76 bits per heavy atom. The number of fused-ring (bicyclic) bond motifs is 1. The molecule has 1 aromatic carbocycles. The number of carbonyl (C=O) groups excluding carboxylic acids is 3. The molecule has 2 rings (SSSR count). The van der Waals surface area contributed by atoms with Gasteiger partial charge in [0.05, 0.1) is 0 Å². The molecule has 0 bridgehead atoms. The van der Waals surface area contributed by atoms with E-state index in [2.05, 4.69) is 10.6 Å². The van der Waals surface area contributed by atoms with Gasteiger partial charge in [-0.25, -0.2) is 4.79 Å². The maximum Gasteiger partial charge on any atom is 0.374 e. The predicted octanol–water partition coefficient (Wildman–Crippen LogP) is 2.27. The Hall–Kier alpha value is -2.54. The third-order valence-corrected chi connectivity index (χ3v) is 3.57. The van der Waals surface area contributed by atoms with Gasteiger partial charge in [-0.1, -0.05) is 18.5 Å². The van der Waals surface area contributed by atoms with Crippen molar-refractivity contribution in [2.45, 2.75) is 26.3 Å². The average molecular weight is 367 g/mol. The molecule has 0 fully saturated rings. The van der Waals surface area contributed by atoms with Gasteiger partial charge in [0.25, 0.3) is 5.91 Å². The van der Waals surface area contributed by atoms with E-state index in [0.717, 1.165) is 6.42 Å². The molecule has 2 N–H and O–H groups in total. The Morgan fingerprint density at radius 1 is 1.28 bits per heavy atom. The fourth-order valence-electron chi connectivity index (χ4n) is 2.07. The van der Waals surface area contributed by atoms with Crippen LogP contribution in [0.5, 0.6) is 0 Å². The van der Waals surface area contributed by atoms with Crippen LogP contribution < -0.4 is 10.6 Å².